The Hall–Kier alpha value is -2.49. The number of nitrogens with two attached hydrogens (primary N) is 1. The van der Waals surface area contributed by atoms with Crippen LogP contribution in [0.25, 0.3) is 0 Å². The van der Waals surface area contributed by atoms with Crippen molar-refractivity contribution in [3.63, 3.8) is 0 Å². The number of aryl methyl sites for hydroxylation is 2. The number of para-hydroxylation sites is 1. The number of amides is 1. The second kappa shape index (κ2) is 5.25. The first kappa shape index (κ1) is 13.9. The molecule has 3 N–H and O–H groups in total. The molecule has 1 amide bonds. The Labute approximate surface area is 118 Å². The maximum Gasteiger partial charge on any atom is 0.261 e. The molecule has 0 aliphatic carbocycles. The Balaban J connectivity index is 2.40. The van der Waals surface area contributed by atoms with Crippen molar-refractivity contribution in [2.24, 2.45) is 0 Å². The summed E-state index contributed by atoms with van der Waals surface area (Å²) >= 11 is 0. The molecular weight excluding hydrogens is 252 g/mol. The summed E-state index contributed by atoms with van der Waals surface area (Å²) in [6.45, 7) is 3.96. The van der Waals surface area contributed by atoms with Crippen molar-refractivity contribution in [3.8, 4) is 5.75 Å². The predicted molar refractivity (Wildman–Crippen MR) is 81.2 cm³/mol. The first-order valence-electron chi connectivity index (χ1n) is 6.34. The van der Waals surface area contributed by atoms with Gasteiger partial charge >= 0.3 is 0 Å². The topological polar surface area (TPSA) is 66.6 Å². The van der Waals surface area contributed by atoms with Gasteiger partial charge in [0, 0.05) is 12.7 Å². The fraction of sp³-hybridized carbons (Fsp3) is 0.188. The molecule has 0 unspecified atom stereocenters. The molecule has 0 saturated heterocycles. The van der Waals surface area contributed by atoms with Crippen LogP contribution in [0.4, 0.5) is 11.4 Å². The smallest absolute Gasteiger partial charge is 0.261 e. The van der Waals surface area contributed by atoms with Gasteiger partial charge in [0.25, 0.3) is 5.91 Å². The predicted octanol–water partition coefficient (Wildman–Crippen LogP) is 2.87. The fourth-order valence-electron chi connectivity index (χ4n) is 2.18. The Kier molecular flexibility index (Phi) is 3.66. The third-order valence-electron chi connectivity index (χ3n) is 3.20. The number of carbonyl (C=O) groups excluding carboxylic acids is 1. The number of nitrogens with zero attached hydrogens (tertiary/aromatic N) is 1. The highest BCUT2D eigenvalue weighted by atomic mass is 16.3. The van der Waals surface area contributed by atoms with Gasteiger partial charge in [0.15, 0.2) is 5.75 Å². The third-order valence-corrected chi connectivity index (χ3v) is 3.20. The molecule has 0 heterocycles. The summed E-state index contributed by atoms with van der Waals surface area (Å²) in [6, 6.07) is 10.7. The molecule has 0 aromatic heterocycles. The van der Waals surface area contributed by atoms with Gasteiger partial charge < -0.3 is 15.7 Å². The van der Waals surface area contributed by atoms with Crippen LogP contribution in [0, 0.1) is 13.8 Å². The van der Waals surface area contributed by atoms with E-state index in [9.17, 15) is 9.90 Å². The highest BCUT2D eigenvalue weighted by Crippen LogP contribution is 2.27. The van der Waals surface area contributed by atoms with Gasteiger partial charge in [0.05, 0.1) is 11.3 Å². The van der Waals surface area contributed by atoms with E-state index in [0.29, 0.717) is 0 Å². The summed E-state index contributed by atoms with van der Waals surface area (Å²) in [5.41, 5.74) is 8.97. The largest absolute Gasteiger partial charge is 0.505 e. The molecule has 0 fully saturated rings. The lowest BCUT2D eigenvalue weighted by Crippen LogP contribution is -2.26. The summed E-state index contributed by atoms with van der Waals surface area (Å²) in [5.74, 6) is -0.464. The Morgan fingerprint density at radius 2 is 1.75 bits per heavy atom. The van der Waals surface area contributed by atoms with Crippen molar-refractivity contribution in [1.82, 2.24) is 0 Å². The van der Waals surface area contributed by atoms with E-state index in [4.69, 9.17) is 5.73 Å². The van der Waals surface area contributed by atoms with E-state index in [-0.39, 0.29) is 22.9 Å². The Morgan fingerprint density at radius 1 is 1.15 bits per heavy atom. The Morgan fingerprint density at radius 3 is 2.35 bits per heavy atom. The molecule has 0 radical (unpaired) electrons. The SMILES string of the molecule is Cc1cc(C)cc(N(C)C(=O)c2cccc(N)c2O)c1. The maximum absolute atomic E-state index is 12.5. The van der Waals surface area contributed by atoms with Gasteiger partial charge in [-0.1, -0.05) is 12.1 Å². The number of hydrogen-bond donors (Lipinski definition) is 2. The zero-order valence-corrected chi connectivity index (χ0v) is 11.8. The molecule has 2 aromatic carbocycles. The van der Waals surface area contributed by atoms with Crippen LogP contribution in [0.5, 0.6) is 5.75 Å². The van der Waals surface area contributed by atoms with E-state index >= 15 is 0 Å². The van der Waals surface area contributed by atoms with Gasteiger partial charge in [0.2, 0.25) is 0 Å². The molecule has 2 rings (SSSR count). The van der Waals surface area contributed by atoms with E-state index < -0.39 is 0 Å². The van der Waals surface area contributed by atoms with Crippen molar-refractivity contribution in [3.05, 3.63) is 53.1 Å². The van der Waals surface area contributed by atoms with Gasteiger partial charge in [-0.3, -0.25) is 4.79 Å². The molecular formula is C16H18N2O2. The lowest BCUT2D eigenvalue weighted by atomic mass is 10.1. The number of phenols is 1. The molecule has 0 aliphatic rings. The number of anilines is 2. The number of hydrogen-bond acceptors (Lipinski definition) is 3. The van der Waals surface area contributed by atoms with Crippen molar-refractivity contribution < 1.29 is 9.90 Å². The molecule has 0 saturated carbocycles. The van der Waals surface area contributed by atoms with Crippen LogP contribution in [0.15, 0.2) is 36.4 Å². The summed E-state index contributed by atoms with van der Waals surface area (Å²) in [6.07, 6.45) is 0. The normalized spacial score (nSPS) is 10.3. The van der Waals surface area contributed by atoms with Gasteiger partial charge in [-0.25, -0.2) is 0 Å². The van der Waals surface area contributed by atoms with Crippen LogP contribution in [0.3, 0.4) is 0 Å². The molecule has 0 spiro atoms. The van der Waals surface area contributed by atoms with Gasteiger partial charge in [0.1, 0.15) is 0 Å². The van der Waals surface area contributed by atoms with Gasteiger partial charge in [-0.05, 0) is 49.2 Å². The number of rotatable bonds is 2. The zero-order valence-electron chi connectivity index (χ0n) is 11.8. The van der Waals surface area contributed by atoms with E-state index in [1.54, 1.807) is 25.2 Å². The average molecular weight is 270 g/mol. The maximum atomic E-state index is 12.5. The second-order valence-corrected chi connectivity index (χ2v) is 4.95. The van der Waals surface area contributed by atoms with Crippen LogP contribution in [0.2, 0.25) is 0 Å². The zero-order chi connectivity index (χ0) is 14.9. The molecule has 2 aromatic rings. The second-order valence-electron chi connectivity index (χ2n) is 4.95. The summed E-state index contributed by atoms with van der Waals surface area (Å²) < 4.78 is 0. The van der Waals surface area contributed by atoms with Crippen molar-refractivity contribution >= 4 is 17.3 Å². The summed E-state index contributed by atoms with van der Waals surface area (Å²) in [4.78, 5) is 14.0. The minimum atomic E-state index is -0.292. The van der Waals surface area contributed by atoms with Crippen LogP contribution in [-0.2, 0) is 0 Å². The highest BCUT2D eigenvalue weighted by molar-refractivity contribution is 6.08. The van der Waals surface area contributed by atoms with E-state index in [1.807, 2.05) is 32.0 Å². The molecule has 4 nitrogen and oxygen atoms in total. The van der Waals surface area contributed by atoms with E-state index in [0.717, 1.165) is 16.8 Å². The molecule has 20 heavy (non-hydrogen) atoms. The minimum Gasteiger partial charge on any atom is -0.505 e. The lowest BCUT2D eigenvalue weighted by molar-refractivity contribution is 0.0990. The van der Waals surface area contributed by atoms with Crippen LogP contribution < -0.4 is 10.6 Å². The van der Waals surface area contributed by atoms with Crippen molar-refractivity contribution in [2.45, 2.75) is 13.8 Å². The lowest BCUT2D eigenvalue weighted by Gasteiger charge is -2.19. The summed E-state index contributed by atoms with van der Waals surface area (Å²) in [7, 11) is 1.68. The highest BCUT2D eigenvalue weighted by Gasteiger charge is 2.18. The Bertz CT molecular complexity index is 645. The molecule has 0 atom stereocenters. The number of benzene rings is 2. The first-order valence-corrected chi connectivity index (χ1v) is 6.34. The van der Waals surface area contributed by atoms with Crippen molar-refractivity contribution in [1.29, 1.82) is 0 Å². The average Bonchev–Trinajstić information content (AvgIpc) is 2.39. The van der Waals surface area contributed by atoms with Gasteiger partial charge in [-0.15, -0.1) is 0 Å². The van der Waals surface area contributed by atoms with Gasteiger partial charge in [-0.2, -0.15) is 0 Å². The fourth-order valence-corrected chi connectivity index (χ4v) is 2.18. The number of aromatic hydroxyl groups is 1. The first-order chi connectivity index (χ1) is 9.40. The molecule has 104 valence electrons. The molecule has 0 bridgehead atoms. The molecule has 0 aliphatic heterocycles. The summed E-state index contributed by atoms with van der Waals surface area (Å²) in [5, 5.41) is 9.90. The number of nitrogen functional groups attached to an aromatic ring is 1. The standard InChI is InChI=1S/C16H18N2O2/c1-10-7-11(2)9-12(8-10)18(3)16(20)13-5-4-6-14(17)15(13)19/h4-9,19H,17H2,1-3H3. The number of phenolic OH excluding ortho intramolecular Hbond substituents is 1. The van der Waals surface area contributed by atoms with Crippen LogP contribution in [-0.4, -0.2) is 18.1 Å². The van der Waals surface area contributed by atoms with Crippen molar-refractivity contribution in [2.75, 3.05) is 17.7 Å². The molecule has 4 heteroatoms. The van der Waals surface area contributed by atoms with E-state index in [1.165, 1.54) is 4.90 Å². The number of carbonyl (C=O) groups is 1. The monoisotopic (exact) mass is 270 g/mol. The minimum absolute atomic E-state index is 0.172. The third kappa shape index (κ3) is 2.59. The van der Waals surface area contributed by atoms with Crippen LogP contribution >= 0.6 is 0 Å². The van der Waals surface area contributed by atoms with E-state index in [2.05, 4.69) is 0 Å². The quantitative estimate of drug-likeness (QED) is 0.651. The van der Waals surface area contributed by atoms with Crippen LogP contribution in [0.1, 0.15) is 21.5 Å².